The summed E-state index contributed by atoms with van der Waals surface area (Å²) in [6, 6.07) is 5.81. The summed E-state index contributed by atoms with van der Waals surface area (Å²) in [6.07, 6.45) is 13.1. The lowest BCUT2D eigenvalue weighted by atomic mass is 9.85. The summed E-state index contributed by atoms with van der Waals surface area (Å²) < 4.78 is 37.2. The predicted octanol–water partition coefficient (Wildman–Crippen LogP) is 4.32. The summed E-state index contributed by atoms with van der Waals surface area (Å²) in [5.41, 5.74) is 0.566. The Morgan fingerprint density at radius 2 is 1.77 bits per heavy atom. The van der Waals surface area contributed by atoms with E-state index in [0.717, 1.165) is 19.3 Å². The minimum absolute atomic E-state index is 0.0444. The maximum Gasteiger partial charge on any atom is 0.246 e. The average molecular weight is 648 g/mol. The second kappa shape index (κ2) is 16.4. The molecule has 0 radical (unpaired) electrons. The second-order valence-electron chi connectivity index (χ2n) is 11.4. The van der Waals surface area contributed by atoms with Crippen molar-refractivity contribution in [3.8, 4) is 24.1 Å². The van der Waals surface area contributed by atoms with Gasteiger partial charge < -0.3 is 15.5 Å². The minimum atomic E-state index is -3.26. The molecule has 10 nitrogen and oxygen atoms in total. The number of likely N-dealkylation sites (tertiary alicyclic amines) is 1. The largest absolute Gasteiger partial charge is 0.352 e. The van der Waals surface area contributed by atoms with E-state index in [0.29, 0.717) is 42.2 Å². The van der Waals surface area contributed by atoms with Gasteiger partial charge in [0.25, 0.3) is 0 Å². The molecule has 3 aliphatic rings. The Hall–Kier alpha value is -3.76. The van der Waals surface area contributed by atoms with E-state index >= 15 is 0 Å². The van der Waals surface area contributed by atoms with Crippen LogP contribution < -0.4 is 15.4 Å². The van der Waals surface area contributed by atoms with Crippen LogP contribution in [0, 0.1) is 24.1 Å². The van der Waals surface area contributed by atoms with E-state index in [1.807, 2.05) is 20.8 Å². The molecule has 1 aliphatic heterocycles. The first-order valence-corrected chi connectivity index (χ1v) is 16.7. The van der Waals surface area contributed by atoms with Crippen molar-refractivity contribution in [2.75, 3.05) is 11.9 Å². The van der Waals surface area contributed by atoms with Crippen molar-refractivity contribution in [2.45, 2.75) is 82.7 Å². The van der Waals surface area contributed by atoms with E-state index in [4.69, 9.17) is 0 Å². The van der Waals surface area contributed by atoms with Gasteiger partial charge in [0.1, 0.15) is 17.9 Å². The highest BCUT2D eigenvalue weighted by Gasteiger charge is 2.42. The fraction of sp³-hybridized carbons (Fsp3) is 0.484. The Bertz CT molecular complexity index is 1400. The van der Waals surface area contributed by atoms with Gasteiger partial charge in [0.2, 0.25) is 28.2 Å². The summed E-state index contributed by atoms with van der Waals surface area (Å²) in [5.74, 6) is -0.468. The molecule has 2 atom stereocenters. The number of carbonyl (C=O) groups is 3. The Morgan fingerprint density at radius 3 is 2.32 bits per heavy atom. The quantitative estimate of drug-likeness (QED) is 0.209. The first kappa shape index (κ1) is 36.4. The number of anilines is 1. The highest BCUT2D eigenvalue weighted by atomic mass is 32.2. The highest BCUT2D eigenvalue weighted by molar-refractivity contribution is 7.90. The van der Waals surface area contributed by atoms with Crippen molar-refractivity contribution in [3.63, 3.8) is 0 Å². The molecule has 2 heterocycles. The fourth-order valence-electron chi connectivity index (χ4n) is 4.44. The number of thiazole rings is 1. The van der Waals surface area contributed by atoms with E-state index in [9.17, 15) is 27.2 Å². The van der Waals surface area contributed by atoms with Crippen molar-refractivity contribution in [1.82, 2.24) is 19.9 Å². The van der Waals surface area contributed by atoms with Crippen LogP contribution >= 0.6 is 11.3 Å². The lowest BCUT2D eigenvalue weighted by molar-refractivity contribution is -0.140. The molecule has 2 saturated carbocycles. The van der Waals surface area contributed by atoms with Gasteiger partial charge in [-0.15, -0.1) is 37.3 Å². The third-order valence-corrected chi connectivity index (χ3v) is 9.52. The van der Waals surface area contributed by atoms with E-state index in [-0.39, 0.29) is 35.3 Å². The number of carbonyl (C=O) groups excluding carboxylic acids is 3. The molecular weight excluding hydrogens is 606 g/mol. The number of aromatic nitrogens is 1. The van der Waals surface area contributed by atoms with Gasteiger partial charge in [-0.05, 0) is 56.1 Å². The first-order chi connectivity index (χ1) is 20.9. The molecule has 2 aliphatic carbocycles. The van der Waals surface area contributed by atoms with Gasteiger partial charge in [0.15, 0.2) is 5.13 Å². The summed E-state index contributed by atoms with van der Waals surface area (Å²) in [6.45, 7) is 12.5. The molecule has 3 N–H and O–H groups in total. The number of rotatable bonds is 9. The normalized spacial score (nSPS) is 18.0. The van der Waals surface area contributed by atoms with E-state index in [2.05, 4.69) is 41.6 Å². The molecule has 0 bridgehead atoms. The maximum absolute atomic E-state index is 14.1. The summed E-state index contributed by atoms with van der Waals surface area (Å²) in [5, 5.41) is 8.36. The molecule has 0 unspecified atom stereocenters. The van der Waals surface area contributed by atoms with E-state index in [1.165, 1.54) is 17.4 Å². The molecule has 240 valence electrons. The number of nitrogens with one attached hydrogen (secondary N) is 3. The molecule has 0 spiro atoms. The first-order valence-electron chi connectivity index (χ1n) is 14.3. The van der Waals surface area contributed by atoms with Crippen LogP contribution in [0.25, 0.3) is 11.3 Å². The van der Waals surface area contributed by atoms with Crippen LogP contribution in [0.1, 0.15) is 59.3 Å². The van der Waals surface area contributed by atoms with Crippen LogP contribution in [-0.4, -0.2) is 66.4 Å². The molecular formula is C31H42FN5O5S2. The zero-order chi connectivity index (χ0) is 33.1. The maximum atomic E-state index is 14.1. The van der Waals surface area contributed by atoms with Crippen molar-refractivity contribution >= 4 is 44.7 Å². The number of amides is 3. The smallest absolute Gasteiger partial charge is 0.246 e. The Morgan fingerprint density at radius 1 is 1.14 bits per heavy atom. The molecule has 1 saturated heterocycles. The monoisotopic (exact) mass is 647 g/mol. The molecule has 13 heteroatoms. The van der Waals surface area contributed by atoms with Crippen LogP contribution in [0.4, 0.5) is 9.52 Å². The van der Waals surface area contributed by atoms with Crippen molar-refractivity contribution < 1.29 is 27.2 Å². The van der Waals surface area contributed by atoms with Crippen LogP contribution in [-0.2, 0) is 24.4 Å². The van der Waals surface area contributed by atoms with E-state index in [1.54, 1.807) is 33.2 Å². The van der Waals surface area contributed by atoms with Gasteiger partial charge in [-0.1, -0.05) is 32.9 Å². The Balaban J connectivity index is 0.000000438. The molecule has 3 fully saturated rings. The van der Waals surface area contributed by atoms with Crippen LogP contribution in [0.3, 0.4) is 0 Å². The van der Waals surface area contributed by atoms with Crippen LogP contribution in [0.15, 0.2) is 42.8 Å². The van der Waals surface area contributed by atoms with Crippen LogP contribution in [0.5, 0.6) is 0 Å². The van der Waals surface area contributed by atoms with Crippen molar-refractivity contribution in [3.05, 3.63) is 48.6 Å². The Kier molecular flexibility index (Phi) is 13.5. The van der Waals surface area contributed by atoms with Gasteiger partial charge in [-0.2, -0.15) is 0 Å². The van der Waals surface area contributed by atoms with E-state index < -0.39 is 27.5 Å². The Labute approximate surface area is 264 Å². The van der Waals surface area contributed by atoms with Gasteiger partial charge >= 0.3 is 0 Å². The number of terminal acetylenes is 1. The fourth-order valence-corrected chi connectivity index (χ4v) is 6.26. The standard InChI is InChI=1S/C23H29FN4O2S.C4H7NO3S.C2H4.C2H2/c1-23(2,3)19(21(30)28-12-6-9-18(28)20(29)25-14-10-11-14)27-22-26-17(13-31-22)15-7-4-5-8-16(15)24;6-3-5-9(7,8)4-1-2-4;2*1-2/h4-5,7-8,13-14,18-19H,6,9-12H2,1-3H3,(H,25,29)(H,26,27);3-4H,1-2H2,(H,5,6);1-2H2;1-2H/t18-,19+;;;/m0.../s1. The zero-order valence-corrected chi connectivity index (χ0v) is 27.1. The van der Waals surface area contributed by atoms with Gasteiger partial charge in [0.05, 0.1) is 10.9 Å². The number of hydrogen-bond donors (Lipinski definition) is 3. The topological polar surface area (TPSA) is 138 Å². The highest BCUT2D eigenvalue weighted by Crippen LogP contribution is 2.32. The molecule has 44 heavy (non-hydrogen) atoms. The van der Waals surface area contributed by atoms with Crippen LogP contribution in [0.2, 0.25) is 0 Å². The van der Waals surface area contributed by atoms with Gasteiger partial charge in [-0.3, -0.25) is 19.1 Å². The minimum Gasteiger partial charge on any atom is -0.352 e. The summed E-state index contributed by atoms with van der Waals surface area (Å²) >= 11 is 1.34. The van der Waals surface area contributed by atoms with Gasteiger partial charge in [0, 0.05) is 23.5 Å². The summed E-state index contributed by atoms with van der Waals surface area (Å²) in [7, 11) is -3.26. The molecule has 1 aromatic carbocycles. The number of nitrogens with zero attached hydrogens (tertiary/aromatic N) is 2. The summed E-state index contributed by atoms with van der Waals surface area (Å²) in [4.78, 5) is 42.1. The lowest BCUT2D eigenvalue weighted by Crippen LogP contribution is -2.54. The third kappa shape index (κ3) is 10.2. The zero-order valence-electron chi connectivity index (χ0n) is 25.4. The number of benzene rings is 1. The second-order valence-corrected chi connectivity index (χ2v) is 14.3. The third-order valence-electron chi connectivity index (χ3n) is 6.97. The number of halogens is 1. The average Bonchev–Trinajstić information content (AvgIpc) is 3.92. The molecule has 2 aromatic rings. The van der Waals surface area contributed by atoms with Gasteiger partial charge in [-0.25, -0.2) is 17.8 Å². The van der Waals surface area contributed by atoms with Crippen molar-refractivity contribution in [1.29, 1.82) is 0 Å². The number of hydrogen-bond acceptors (Lipinski definition) is 8. The molecule has 1 aromatic heterocycles. The SMILES string of the molecule is C#C.C=C.CC(C)(C)[C@H](Nc1nc(-c2ccccc2F)cs1)C(=O)N1CCC[C@H]1C(=O)NC1CC1.O=CNS(=O)(=O)C1CC1. The van der Waals surface area contributed by atoms with Crippen molar-refractivity contribution in [2.24, 2.45) is 5.41 Å². The lowest BCUT2D eigenvalue weighted by Gasteiger charge is -2.35. The molecule has 3 amide bonds. The number of sulfonamides is 1. The predicted molar refractivity (Wildman–Crippen MR) is 173 cm³/mol. The molecule has 5 rings (SSSR count).